The van der Waals surface area contributed by atoms with Crippen LogP contribution in [0.1, 0.15) is 23.2 Å². The Kier molecular flexibility index (Phi) is 4.78. The Balaban J connectivity index is 1.52. The van der Waals surface area contributed by atoms with Crippen molar-refractivity contribution >= 4 is 17.4 Å². The van der Waals surface area contributed by atoms with E-state index in [1.165, 1.54) is 25.0 Å². The summed E-state index contributed by atoms with van der Waals surface area (Å²) in [6.45, 7) is 2.04. The van der Waals surface area contributed by atoms with Gasteiger partial charge in [0.25, 0.3) is 5.91 Å². The van der Waals surface area contributed by atoms with E-state index in [2.05, 4.69) is 20.4 Å². The molecule has 1 N–H and O–H groups in total. The number of hydrogen-bond acceptors (Lipinski definition) is 4. The number of carbonyl (C=O) groups excluding carboxylic acids is 1. The molecule has 0 radical (unpaired) electrons. The molecular formula is C21H19FN4O. The molecule has 4 rings (SSSR count). The smallest absolute Gasteiger partial charge is 0.255 e. The van der Waals surface area contributed by atoms with Gasteiger partial charge in [-0.25, -0.2) is 4.39 Å². The number of nitrogens with one attached hydrogen (secondary N) is 1. The van der Waals surface area contributed by atoms with Crippen molar-refractivity contribution in [2.24, 2.45) is 0 Å². The fourth-order valence-corrected chi connectivity index (χ4v) is 3.18. The van der Waals surface area contributed by atoms with E-state index in [4.69, 9.17) is 0 Å². The maximum absolute atomic E-state index is 13.3. The molecule has 0 bridgehead atoms. The molecule has 1 fully saturated rings. The van der Waals surface area contributed by atoms with Gasteiger partial charge in [-0.05, 0) is 55.3 Å². The van der Waals surface area contributed by atoms with Crippen LogP contribution in [0.25, 0.3) is 11.3 Å². The minimum atomic E-state index is -0.394. The Morgan fingerprint density at radius 1 is 0.963 bits per heavy atom. The molecule has 0 atom stereocenters. The van der Waals surface area contributed by atoms with Gasteiger partial charge in [0.2, 0.25) is 0 Å². The van der Waals surface area contributed by atoms with Crippen molar-refractivity contribution in [3.05, 3.63) is 72.0 Å². The molecule has 2 heterocycles. The largest absolute Gasteiger partial charge is 0.355 e. The summed E-state index contributed by atoms with van der Waals surface area (Å²) in [6, 6.07) is 16.9. The first-order valence-electron chi connectivity index (χ1n) is 8.95. The lowest BCUT2D eigenvalue weighted by Gasteiger charge is -2.15. The van der Waals surface area contributed by atoms with Crippen molar-refractivity contribution < 1.29 is 9.18 Å². The third kappa shape index (κ3) is 3.95. The van der Waals surface area contributed by atoms with E-state index in [1.54, 1.807) is 30.3 Å². The van der Waals surface area contributed by atoms with Crippen molar-refractivity contribution in [2.45, 2.75) is 12.8 Å². The summed E-state index contributed by atoms with van der Waals surface area (Å²) in [5.41, 5.74) is 2.41. The fourth-order valence-electron chi connectivity index (χ4n) is 3.18. The minimum Gasteiger partial charge on any atom is -0.355 e. The van der Waals surface area contributed by atoms with Crippen molar-refractivity contribution in [3.63, 3.8) is 0 Å². The van der Waals surface area contributed by atoms with E-state index in [9.17, 15) is 9.18 Å². The highest BCUT2D eigenvalue weighted by Gasteiger charge is 2.14. The SMILES string of the molecule is O=C(Nc1cccc(F)c1)c1cccc(-c2ccc(N3CCCC3)nn2)c1. The first-order valence-corrected chi connectivity index (χ1v) is 8.95. The Bertz CT molecular complexity index is 952. The third-order valence-corrected chi connectivity index (χ3v) is 4.58. The van der Waals surface area contributed by atoms with Gasteiger partial charge in [-0.1, -0.05) is 18.2 Å². The van der Waals surface area contributed by atoms with Crippen LogP contribution in [-0.4, -0.2) is 29.2 Å². The van der Waals surface area contributed by atoms with Crippen LogP contribution in [0.2, 0.25) is 0 Å². The lowest BCUT2D eigenvalue weighted by Crippen LogP contribution is -2.19. The normalized spacial score (nSPS) is 13.6. The minimum absolute atomic E-state index is 0.302. The number of hydrogen-bond donors (Lipinski definition) is 1. The average Bonchev–Trinajstić information content (AvgIpc) is 3.23. The Morgan fingerprint density at radius 3 is 2.52 bits per heavy atom. The van der Waals surface area contributed by atoms with Gasteiger partial charge in [-0.3, -0.25) is 4.79 Å². The van der Waals surface area contributed by atoms with Crippen LogP contribution in [0.3, 0.4) is 0 Å². The summed E-state index contributed by atoms with van der Waals surface area (Å²) in [6.07, 6.45) is 2.37. The first kappa shape index (κ1) is 17.1. The molecule has 1 amide bonds. The van der Waals surface area contributed by atoms with E-state index in [-0.39, 0.29) is 5.91 Å². The molecule has 5 nitrogen and oxygen atoms in total. The van der Waals surface area contributed by atoms with Crippen LogP contribution in [0.4, 0.5) is 15.9 Å². The predicted octanol–water partition coefficient (Wildman–Crippen LogP) is 4.14. The fraction of sp³-hybridized carbons (Fsp3) is 0.190. The molecule has 136 valence electrons. The molecule has 0 aliphatic carbocycles. The molecule has 1 aliphatic rings. The van der Waals surface area contributed by atoms with Gasteiger partial charge in [0.1, 0.15) is 5.82 Å². The zero-order valence-corrected chi connectivity index (χ0v) is 14.7. The number of benzene rings is 2. The number of rotatable bonds is 4. The van der Waals surface area contributed by atoms with Crippen LogP contribution >= 0.6 is 0 Å². The lowest BCUT2D eigenvalue weighted by atomic mass is 10.1. The Hall–Kier alpha value is -3.28. The predicted molar refractivity (Wildman–Crippen MR) is 103 cm³/mol. The number of carbonyl (C=O) groups is 1. The number of anilines is 2. The van der Waals surface area contributed by atoms with Gasteiger partial charge in [0, 0.05) is 29.9 Å². The second-order valence-electron chi connectivity index (χ2n) is 6.52. The quantitative estimate of drug-likeness (QED) is 0.758. The first-order chi connectivity index (χ1) is 13.2. The highest BCUT2D eigenvalue weighted by atomic mass is 19.1. The Morgan fingerprint density at radius 2 is 1.78 bits per heavy atom. The summed E-state index contributed by atoms with van der Waals surface area (Å²) in [5, 5.41) is 11.3. The van der Waals surface area contributed by atoms with E-state index in [1.807, 2.05) is 18.2 Å². The molecule has 1 aliphatic heterocycles. The van der Waals surface area contributed by atoms with E-state index in [0.29, 0.717) is 16.9 Å². The van der Waals surface area contributed by atoms with Gasteiger partial charge in [0.05, 0.1) is 5.69 Å². The zero-order valence-electron chi connectivity index (χ0n) is 14.7. The molecule has 6 heteroatoms. The summed E-state index contributed by atoms with van der Waals surface area (Å²) >= 11 is 0. The van der Waals surface area contributed by atoms with E-state index < -0.39 is 5.82 Å². The lowest BCUT2D eigenvalue weighted by molar-refractivity contribution is 0.102. The van der Waals surface area contributed by atoms with Gasteiger partial charge in [0.15, 0.2) is 5.82 Å². The molecule has 0 unspecified atom stereocenters. The van der Waals surface area contributed by atoms with Gasteiger partial charge in [-0.15, -0.1) is 10.2 Å². The van der Waals surface area contributed by atoms with Crippen molar-refractivity contribution in [1.29, 1.82) is 0 Å². The van der Waals surface area contributed by atoms with E-state index in [0.717, 1.165) is 24.5 Å². The van der Waals surface area contributed by atoms with E-state index >= 15 is 0 Å². The topological polar surface area (TPSA) is 58.1 Å². The zero-order chi connectivity index (χ0) is 18.6. The van der Waals surface area contributed by atoms with Crippen molar-refractivity contribution in [1.82, 2.24) is 10.2 Å². The summed E-state index contributed by atoms with van der Waals surface area (Å²) < 4.78 is 13.3. The standard InChI is InChI=1S/C21H19FN4O/c22-17-7-4-8-18(14-17)23-21(27)16-6-3-5-15(13-16)19-9-10-20(25-24-19)26-11-1-2-12-26/h3-10,13-14H,1-2,11-12H2,(H,23,27). The van der Waals surface area contributed by atoms with Crippen LogP contribution in [-0.2, 0) is 0 Å². The molecule has 0 saturated carbocycles. The molecule has 3 aromatic rings. The van der Waals surface area contributed by atoms with Crippen molar-refractivity contribution in [3.8, 4) is 11.3 Å². The summed E-state index contributed by atoms with van der Waals surface area (Å²) in [7, 11) is 0. The van der Waals surface area contributed by atoms with Crippen LogP contribution in [0.15, 0.2) is 60.7 Å². The number of amides is 1. The highest BCUT2D eigenvalue weighted by Crippen LogP contribution is 2.22. The number of nitrogens with zero attached hydrogens (tertiary/aromatic N) is 3. The average molecular weight is 362 g/mol. The van der Waals surface area contributed by atoms with Gasteiger partial charge < -0.3 is 10.2 Å². The number of aromatic nitrogens is 2. The van der Waals surface area contributed by atoms with Gasteiger partial charge in [-0.2, -0.15) is 0 Å². The van der Waals surface area contributed by atoms with Crippen LogP contribution in [0.5, 0.6) is 0 Å². The van der Waals surface area contributed by atoms with Crippen LogP contribution < -0.4 is 10.2 Å². The summed E-state index contributed by atoms with van der Waals surface area (Å²) in [4.78, 5) is 14.7. The molecule has 1 saturated heterocycles. The number of halogens is 1. The molecule has 1 aromatic heterocycles. The maximum Gasteiger partial charge on any atom is 0.255 e. The van der Waals surface area contributed by atoms with Gasteiger partial charge >= 0.3 is 0 Å². The van der Waals surface area contributed by atoms with Crippen molar-refractivity contribution in [2.75, 3.05) is 23.3 Å². The molecule has 0 spiro atoms. The third-order valence-electron chi connectivity index (χ3n) is 4.58. The second-order valence-corrected chi connectivity index (χ2v) is 6.52. The summed E-state index contributed by atoms with van der Waals surface area (Å²) in [5.74, 6) is 0.190. The monoisotopic (exact) mass is 362 g/mol. The Labute approximate surface area is 156 Å². The highest BCUT2D eigenvalue weighted by molar-refractivity contribution is 6.04. The molecule has 2 aromatic carbocycles. The molecule has 27 heavy (non-hydrogen) atoms. The van der Waals surface area contributed by atoms with Crippen LogP contribution in [0, 0.1) is 5.82 Å². The molecular weight excluding hydrogens is 343 g/mol. The maximum atomic E-state index is 13.3. The second kappa shape index (κ2) is 7.53.